The van der Waals surface area contributed by atoms with Crippen molar-refractivity contribution in [1.82, 2.24) is 15.1 Å². The lowest BCUT2D eigenvalue weighted by Gasteiger charge is -2.34. The van der Waals surface area contributed by atoms with Crippen molar-refractivity contribution in [2.45, 2.75) is 0 Å². The monoisotopic (exact) mass is 434 g/mol. The molecule has 32 heavy (non-hydrogen) atoms. The van der Waals surface area contributed by atoms with Crippen LogP contribution in [-0.4, -0.2) is 59.6 Å². The van der Waals surface area contributed by atoms with E-state index in [1.807, 2.05) is 23.1 Å². The molecule has 2 aromatic carbocycles. The molecule has 2 amide bonds. The Morgan fingerprint density at radius 1 is 0.844 bits per heavy atom. The van der Waals surface area contributed by atoms with E-state index in [-0.39, 0.29) is 29.7 Å². The van der Waals surface area contributed by atoms with Crippen LogP contribution in [0.25, 0.3) is 0 Å². The van der Waals surface area contributed by atoms with Crippen LogP contribution in [0.2, 0.25) is 0 Å². The number of halogens is 1. The molecule has 0 saturated carbocycles. The van der Waals surface area contributed by atoms with E-state index in [4.69, 9.17) is 0 Å². The van der Waals surface area contributed by atoms with Gasteiger partial charge in [-0.2, -0.15) is 0 Å². The number of aromatic nitrogens is 2. The van der Waals surface area contributed by atoms with Crippen molar-refractivity contribution in [2.24, 2.45) is 0 Å². The van der Waals surface area contributed by atoms with Crippen molar-refractivity contribution in [3.05, 3.63) is 78.2 Å². The number of hydrogen-bond donors (Lipinski definition) is 2. The van der Waals surface area contributed by atoms with Gasteiger partial charge in [-0.05, 0) is 36.4 Å². The lowest BCUT2D eigenvalue weighted by molar-refractivity contribution is -0.117. The number of nitrogens with one attached hydrogen (secondary N) is 2. The summed E-state index contributed by atoms with van der Waals surface area (Å²) in [7, 11) is 0. The van der Waals surface area contributed by atoms with Crippen LogP contribution < -0.4 is 15.5 Å². The summed E-state index contributed by atoms with van der Waals surface area (Å²) in [5.74, 6) is -0.347. The first-order chi connectivity index (χ1) is 15.6. The van der Waals surface area contributed by atoms with Crippen molar-refractivity contribution in [2.75, 3.05) is 48.3 Å². The lowest BCUT2D eigenvalue weighted by atomic mass is 10.2. The standard InChI is InChI=1S/C23H23FN6O2/c24-18-8-4-5-9-19(18)26-22(31)16-29-12-14-30(15-13-29)21-11-10-20(27-28-21)23(32)25-17-6-2-1-3-7-17/h1-11H,12-16H2,(H,25,32)(H,26,31). The Labute approximate surface area is 185 Å². The van der Waals surface area contributed by atoms with E-state index in [9.17, 15) is 14.0 Å². The minimum atomic E-state index is -0.454. The Bertz CT molecular complexity index is 1070. The van der Waals surface area contributed by atoms with E-state index in [0.29, 0.717) is 37.7 Å². The van der Waals surface area contributed by atoms with Gasteiger partial charge in [0, 0.05) is 31.9 Å². The van der Waals surface area contributed by atoms with Gasteiger partial charge in [0.05, 0.1) is 12.2 Å². The fraction of sp³-hybridized carbons (Fsp3) is 0.217. The number of amides is 2. The van der Waals surface area contributed by atoms with Gasteiger partial charge >= 0.3 is 0 Å². The van der Waals surface area contributed by atoms with Gasteiger partial charge in [0.2, 0.25) is 5.91 Å². The summed E-state index contributed by atoms with van der Waals surface area (Å²) >= 11 is 0. The molecule has 4 rings (SSSR count). The molecule has 0 spiro atoms. The minimum absolute atomic E-state index is 0.183. The Kier molecular flexibility index (Phi) is 6.66. The highest BCUT2D eigenvalue weighted by Crippen LogP contribution is 2.15. The quantitative estimate of drug-likeness (QED) is 0.620. The molecule has 1 fully saturated rings. The molecule has 1 saturated heterocycles. The van der Waals surface area contributed by atoms with Crippen molar-refractivity contribution in [1.29, 1.82) is 0 Å². The molecule has 0 bridgehead atoms. The summed E-state index contributed by atoms with van der Waals surface area (Å²) in [4.78, 5) is 28.6. The van der Waals surface area contributed by atoms with Crippen molar-refractivity contribution >= 4 is 29.0 Å². The third kappa shape index (κ3) is 5.44. The smallest absolute Gasteiger partial charge is 0.276 e. The largest absolute Gasteiger partial charge is 0.353 e. The first kappa shape index (κ1) is 21.4. The van der Waals surface area contributed by atoms with E-state index < -0.39 is 5.82 Å². The number of benzene rings is 2. The van der Waals surface area contributed by atoms with Gasteiger partial charge in [0.1, 0.15) is 5.82 Å². The molecule has 3 aromatic rings. The highest BCUT2D eigenvalue weighted by Gasteiger charge is 2.21. The number of nitrogens with zero attached hydrogens (tertiary/aromatic N) is 4. The summed E-state index contributed by atoms with van der Waals surface area (Å²) in [6.45, 7) is 2.83. The van der Waals surface area contributed by atoms with Crippen molar-refractivity contribution in [3.8, 4) is 0 Å². The highest BCUT2D eigenvalue weighted by molar-refractivity contribution is 6.02. The molecule has 0 aliphatic carbocycles. The predicted molar refractivity (Wildman–Crippen MR) is 120 cm³/mol. The van der Waals surface area contributed by atoms with Crippen LogP contribution in [-0.2, 0) is 4.79 Å². The zero-order valence-electron chi connectivity index (χ0n) is 17.4. The van der Waals surface area contributed by atoms with Gasteiger partial charge < -0.3 is 15.5 Å². The van der Waals surface area contributed by atoms with Gasteiger partial charge in [0.15, 0.2) is 11.5 Å². The summed E-state index contributed by atoms with van der Waals surface area (Å²) in [6.07, 6.45) is 0. The van der Waals surface area contributed by atoms with Crippen LogP contribution in [0.5, 0.6) is 0 Å². The summed E-state index contributed by atoms with van der Waals surface area (Å²) in [6, 6.07) is 18.7. The SMILES string of the molecule is O=C(CN1CCN(c2ccc(C(=O)Nc3ccccc3)nn2)CC1)Nc1ccccc1F. The molecule has 1 aromatic heterocycles. The Hall–Kier alpha value is -3.85. The molecule has 1 aliphatic rings. The normalized spacial score (nSPS) is 14.1. The van der Waals surface area contributed by atoms with Crippen LogP contribution in [0.3, 0.4) is 0 Å². The Morgan fingerprint density at radius 3 is 2.25 bits per heavy atom. The molecule has 2 N–H and O–H groups in total. The number of carbonyl (C=O) groups excluding carboxylic acids is 2. The van der Waals surface area contributed by atoms with Gasteiger partial charge in [-0.1, -0.05) is 30.3 Å². The zero-order valence-corrected chi connectivity index (χ0v) is 17.4. The van der Waals surface area contributed by atoms with E-state index in [0.717, 1.165) is 0 Å². The Balaban J connectivity index is 1.26. The first-order valence-corrected chi connectivity index (χ1v) is 10.3. The fourth-order valence-electron chi connectivity index (χ4n) is 3.42. The summed E-state index contributed by atoms with van der Waals surface area (Å²) in [5.41, 5.74) is 1.11. The van der Waals surface area contributed by atoms with E-state index in [2.05, 4.69) is 25.7 Å². The van der Waals surface area contributed by atoms with Crippen LogP contribution in [0.4, 0.5) is 21.6 Å². The van der Waals surface area contributed by atoms with E-state index in [1.54, 1.807) is 36.4 Å². The van der Waals surface area contributed by atoms with Gasteiger partial charge in [-0.15, -0.1) is 10.2 Å². The minimum Gasteiger partial charge on any atom is -0.353 e. The maximum absolute atomic E-state index is 13.7. The highest BCUT2D eigenvalue weighted by atomic mass is 19.1. The number of hydrogen-bond acceptors (Lipinski definition) is 6. The number of anilines is 3. The summed E-state index contributed by atoms with van der Waals surface area (Å²) in [5, 5.41) is 13.6. The van der Waals surface area contributed by atoms with E-state index >= 15 is 0 Å². The van der Waals surface area contributed by atoms with Gasteiger partial charge in [-0.25, -0.2) is 4.39 Å². The Morgan fingerprint density at radius 2 is 1.56 bits per heavy atom. The van der Waals surface area contributed by atoms with Crippen LogP contribution in [0.1, 0.15) is 10.5 Å². The third-order valence-electron chi connectivity index (χ3n) is 5.13. The summed E-state index contributed by atoms with van der Waals surface area (Å²) < 4.78 is 13.7. The number of rotatable bonds is 6. The zero-order chi connectivity index (χ0) is 22.3. The van der Waals surface area contributed by atoms with Gasteiger partial charge in [-0.3, -0.25) is 14.5 Å². The average Bonchev–Trinajstić information content (AvgIpc) is 2.82. The molecule has 1 aliphatic heterocycles. The lowest BCUT2D eigenvalue weighted by Crippen LogP contribution is -2.49. The molecule has 164 valence electrons. The third-order valence-corrected chi connectivity index (χ3v) is 5.13. The molecule has 2 heterocycles. The molecule has 0 atom stereocenters. The molecule has 9 heteroatoms. The molecule has 8 nitrogen and oxygen atoms in total. The number of carbonyl (C=O) groups is 2. The molecule has 0 radical (unpaired) electrons. The van der Waals surface area contributed by atoms with E-state index in [1.165, 1.54) is 12.1 Å². The molecular weight excluding hydrogens is 411 g/mol. The second-order valence-electron chi connectivity index (χ2n) is 7.39. The topological polar surface area (TPSA) is 90.5 Å². The average molecular weight is 434 g/mol. The predicted octanol–water partition coefficient (Wildman–Crippen LogP) is 2.63. The maximum Gasteiger partial charge on any atom is 0.276 e. The van der Waals surface area contributed by atoms with Gasteiger partial charge in [0.25, 0.3) is 5.91 Å². The van der Waals surface area contributed by atoms with Crippen molar-refractivity contribution in [3.63, 3.8) is 0 Å². The first-order valence-electron chi connectivity index (χ1n) is 10.3. The number of piperazine rings is 1. The van der Waals surface area contributed by atoms with Crippen LogP contribution >= 0.6 is 0 Å². The number of para-hydroxylation sites is 2. The van der Waals surface area contributed by atoms with Crippen molar-refractivity contribution < 1.29 is 14.0 Å². The molecule has 0 unspecified atom stereocenters. The van der Waals surface area contributed by atoms with Crippen LogP contribution in [0.15, 0.2) is 66.7 Å². The second-order valence-corrected chi connectivity index (χ2v) is 7.39. The molecular formula is C23H23FN6O2. The maximum atomic E-state index is 13.7. The van der Waals surface area contributed by atoms with Crippen LogP contribution in [0, 0.1) is 5.82 Å². The fourth-order valence-corrected chi connectivity index (χ4v) is 3.42. The second kappa shape index (κ2) is 9.97.